The second kappa shape index (κ2) is 3.78. The molecule has 1 amide bonds. The number of hydrogen-bond donors (Lipinski definition) is 0. The lowest BCUT2D eigenvalue weighted by molar-refractivity contribution is -0.114. The first kappa shape index (κ1) is 9.64. The Bertz CT molecular complexity index is 447. The number of anilines is 1. The highest BCUT2D eigenvalue weighted by Gasteiger charge is 2.31. The lowest BCUT2D eigenvalue weighted by Crippen LogP contribution is -2.26. The van der Waals surface area contributed by atoms with Crippen molar-refractivity contribution in [2.24, 2.45) is 0 Å². The average molecular weight is 213 g/mol. The van der Waals surface area contributed by atoms with Crippen LogP contribution >= 0.6 is 0 Å². The molecule has 1 aromatic rings. The topological polar surface area (TPSA) is 20.3 Å². The fourth-order valence-electron chi connectivity index (χ4n) is 2.64. The Balaban J connectivity index is 1.90. The molecule has 16 heavy (non-hydrogen) atoms. The summed E-state index contributed by atoms with van der Waals surface area (Å²) in [5, 5.41) is 0. The molecule has 0 spiro atoms. The van der Waals surface area contributed by atoms with Crippen LogP contribution in [0.2, 0.25) is 0 Å². The fraction of sp³-hybridized carbons (Fsp3) is 0.357. The van der Waals surface area contributed by atoms with Gasteiger partial charge < -0.3 is 4.90 Å². The highest BCUT2D eigenvalue weighted by molar-refractivity contribution is 6.09. The molecule has 0 radical (unpaired) electrons. The third kappa shape index (κ3) is 1.45. The van der Waals surface area contributed by atoms with E-state index in [-0.39, 0.29) is 5.91 Å². The molecule has 82 valence electrons. The van der Waals surface area contributed by atoms with Gasteiger partial charge in [-0.1, -0.05) is 18.2 Å². The molecule has 0 aromatic heterocycles. The van der Waals surface area contributed by atoms with E-state index in [9.17, 15) is 4.79 Å². The Labute approximate surface area is 95.6 Å². The third-order valence-corrected chi connectivity index (χ3v) is 3.50. The summed E-state index contributed by atoms with van der Waals surface area (Å²) in [5.41, 5.74) is 3.50. The van der Waals surface area contributed by atoms with Crippen LogP contribution in [0.15, 0.2) is 41.5 Å². The molecule has 0 bridgehead atoms. The zero-order chi connectivity index (χ0) is 11.0. The number of nitrogens with zero attached hydrogens (tertiary/aromatic N) is 1. The largest absolute Gasteiger partial charge is 0.305 e. The predicted octanol–water partition coefficient (Wildman–Crippen LogP) is 2.90. The average Bonchev–Trinajstić information content (AvgIpc) is 2.69. The first-order valence-corrected chi connectivity index (χ1v) is 5.94. The SMILES string of the molecule is O=C1C2=C(CCCC2)CN1c1ccccc1. The number of amides is 1. The smallest absolute Gasteiger partial charge is 0.254 e. The molecule has 0 unspecified atom stereocenters. The number of para-hydroxylation sites is 1. The van der Waals surface area contributed by atoms with Gasteiger partial charge in [0.15, 0.2) is 0 Å². The molecular formula is C14H15NO. The van der Waals surface area contributed by atoms with E-state index in [4.69, 9.17) is 0 Å². The van der Waals surface area contributed by atoms with E-state index < -0.39 is 0 Å². The zero-order valence-electron chi connectivity index (χ0n) is 9.28. The van der Waals surface area contributed by atoms with Crippen molar-refractivity contribution in [3.8, 4) is 0 Å². The molecule has 1 aliphatic heterocycles. The van der Waals surface area contributed by atoms with Crippen molar-refractivity contribution in [1.29, 1.82) is 0 Å². The van der Waals surface area contributed by atoms with Gasteiger partial charge in [-0.2, -0.15) is 0 Å². The summed E-state index contributed by atoms with van der Waals surface area (Å²) >= 11 is 0. The monoisotopic (exact) mass is 213 g/mol. The fourth-order valence-corrected chi connectivity index (χ4v) is 2.64. The molecular weight excluding hydrogens is 198 g/mol. The maximum absolute atomic E-state index is 12.2. The normalized spacial score (nSPS) is 20.2. The first-order chi connectivity index (χ1) is 7.86. The molecule has 0 saturated carbocycles. The lowest BCUT2D eigenvalue weighted by Gasteiger charge is -2.16. The molecule has 2 aliphatic rings. The highest BCUT2D eigenvalue weighted by Crippen LogP contribution is 2.34. The summed E-state index contributed by atoms with van der Waals surface area (Å²) in [5.74, 6) is 0.237. The zero-order valence-corrected chi connectivity index (χ0v) is 9.28. The number of benzene rings is 1. The summed E-state index contributed by atoms with van der Waals surface area (Å²) in [6, 6.07) is 9.98. The van der Waals surface area contributed by atoms with Crippen molar-refractivity contribution in [2.75, 3.05) is 11.4 Å². The Hall–Kier alpha value is -1.57. The van der Waals surface area contributed by atoms with E-state index in [2.05, 4.69) is 0 Å². The molecule has 3 rings (SSSR count). The Morgan fingerprint density at radius 3 is 2.50 bits per heavy atom. The summed E-state index contributed by atoms with van der Waals surface area (Å²) in [7, 11) is 0. The van der Waals surface area contributed by atoms with Crippen LogP contribution in [-0.2, 0) is 4.79 Å². The predicted molar refractivity (Wildman–Crippen MR) is 64.3 cm³/mol. The molecule has 1 aliphatic carbocycles. The maximum atomic E-state index is 12.2. The molecule has 2 heteroatoms. The van der Waals surface area contributed by atoms with Crippen LogP contribution in [0.3, 0.4) is 0 Å². The van der Waals surface area contributed by atoms with Crippen LogP contribution < -0.4 is 4.90 Å². The van der Waals surface area contributed by atoms with Gasteiger partial charge in [0.1, 0.15) is 0 Å². The Morgan fingerprint density at radius 2 is 1.75 bits per heavy atom. The van der Waals surface area contributed by atoms with Gasteiger partial charge in [0.25, 0.3) is 5.91 Å². The van der Waals surface area contributed by atoms with Gasteiger partial charge in [-0.3, -0.25) is 4.79 Å². The minimum atomic E-state index is 0.237. The first-order valence-electron chi connectivity index (χ1n) is 5.94. The molecule has 1 heterocycles. The number of carbonyl (C=O) groups excluding carboxylic acids is 1. The van der Waals surface area contributed by atoms with Crippen molar-refractivity contribution < 1.29 is 4.79 Å². The van der Waals surface area contributed by atoms with E-state index in [0.29, 0.717) is 0 Å². The number of hydrogen-bond acceptors (Lipinski definition) is 1. The molecule has 0 atom stereocenters. The van der Waals surface area contributed by atoms with Crippen LogP contribution in [0.25, 0.3) is 0 Å². The van der Waals surface area contributed by atoms with E-state index in [1.807, 2.05) is 35.2 Å². The number of rotatable bonds is 1. The van der Waals surface area contributed by atoms with E-state index in [1.54, 1.807) is 0 Å². The number of carbonyl (C=O) groups is 1. The molecule has 1 aromatic carbocycles. The van der Waals surface area contributed by atoms with Crippen LogP contribution in [0, 0.1) is 0 Å². The van der Waals surface area contributed by atoms with Gasteiger partial charge in [-0.05, 0) is 43.4 Å². The molecule has 0 fully saturated rings. The van der Waals surface area contributed by atoms with E-state index in [0.717, 1.165) is 30.6 Å². The van der Waals surface area contributed by atoms with Crippen molar-refractivity contribution in [3.63, 3.8) is 0 Å². The Morgan fingerprint density at radius 1 is 1.00 bits per heavy atom. The van der Waals surface area contributed by atoms with Crippen LogP contribution in [-0.4, -0.2) is 12.5 Å². The molecule has 2 nitrogen and oxygen atoms in total. The standard InChI is InChI=1S/C14H15NO/c16-14-13-9-5-4-6-11(13)10-15(14)12-7-2-1-3-8-12/h1-3,7-8H,4-6,9-10H2. The van der Waals surface area contributed by atoms with Crippen LogP contribution in [0.1, 0.15) is 25.7 Å². The summed E-state index contributed by atoms with van der Waals surface area (Å²) in [6.45, 7) is 0.818. The van der Waals surface area contributed by atoms with Crippen LogP contribution in [0.5, 0.6) is 0 Å². The third-order valence-electron chi connectivity index (χ3n) is 3.50. The minimum absolute atomic E-state index is 0.237. The van der Waals surface area contributed by atoms with Crippen molar-refractivity contribution in [3.05, 3.63) is 41.5 Å². The summed E-state index contributed by atoms with van der Waals surface area (Å²) in [4.78, 5) is 14.1. The second-order valence-corrected chi connectivity index (χ2v) is 4.52. The maximum Gasteiger partial charge on any atom is 0.254 e. The van der Waals surface area contributed by atoms with Crippen molar-refractivity contribution in [2.45, 2.75) is 25.7 Å². The lowest BCUT2D eigenvalue weighted by atomic mass is 9.94. The van der Waals surface area contributed by atoms with E-state index in [1.165, 1.54) is 18.4 Å². The minimum Gasteiger partial charge on any atom is -0.305 e. The van der Waals surface area contributed by atoms with Gasteiger partial charge in [0.05, 0.1) is 0 Å². The molecule has 0 N–H and O–H groups in total. The van der Waals surface area contributed by atoms with Gasteiger partial charge in [-0.15, -0.1) is 0 Å². The quantitative estimate of drug-likeness (QED) is 0.702. The van der Waals surface area contributed by atoms with E-state index >= 15 is 0 Å². The van der Waals surface area contributed by atoms with Gasteiger partial charge >= 0.3 is 0 Å². The molecule has 0 saturated heterocycles. The second-order valence-electron chi connectivity index (χ2n) is 4.52. The summed E-state index contributed by atoms with van der Waals surface area (Å²) in [6.07, 6.45) is 4.52. The van der Waals surface area contributed by atoms with Crippen molar-refractivity contribution >= 4 is 11.6 Å². The van der Waals surface area contributed by atoms with Gasteiger partial charge in [-0.25, -0.2) is 0 Å². The van der Waals surface area contributed by atoms with Gasteiger partial charge in [0.2, 0.25) is 0 Å². The van der Waals surface area contributed by atoms with Crippen LogP contribution in [0.4, 0.5) is 5.69 Å². The van der Waals surface area contributed by atoms with Gasteiger partial charge in [0, 0.05) is 17.8 Å². The summed E-state index contributed by atoms with van der Waals surface area (Å²) < 4.78 is 0. The van der Waals surface area contributed by atoms with Crippen molar-refractivity contribution in [1.82, 2.24) is 0 Å². The highest BCUT2D eigenvalue weighted by atomic mass is 16.2. The Kier molecular flexibility index (Phi) is 2.28.